The number of nitrogens with zero attached hydrogens (tertiary/aromatic N) is 2. The van der Waals surface area contributed by atoms with Crippen molar-refractivity contribution in [3.05, 3.63) is 40.1 Å². The second-order valence-electron chi connectivity index (χ2n) is 3.77. The maximum absolute atomic E-state index is 12.7. The van der Waals surface area contributed by atoms with Gasteiger partial charge in [-0.25, -0.2) is 8.78 Å². The molecule has 1 N–H and O–H groups in total. The Morgan fingerprint density at radius 1 is 1.33 bits per heavy atom. The number of hydrogen-bond acceptors (Lipinski definition) is 3. The minimum atomic E-state index is -2.40. The van der Waals surface area contributed by atoms with Crippen molar-refractivity contribution in [2.75, 3.05) is 0 Å². The molecule has 0 aliphatic rings. The Balaban J connectivity index is 1.78. The van der Waals surface area contributed by atoms with E-state index < -0.39 is 13.0 Å². The zero-order chi connectivity index (χ0) is 13.0. The number of alkyl halides is 2. The van der Waals surface area contributed by atoms with Crippen molar-refractivity contribution in [1.82, 2.24) is 15.1 Å². The molecular weight excluding hydrogens is 263 g/mol. The Hall–Kier alpha value is -1.34. The number of hydrogen-bond donors (Lipinski definition) is 1. The predicted molar refractivity (Wildman–Crippen MR) is 63.1 cm³/mol. The molecule has 0 aliphatic heterocycles. The van der Waals surface area contributed by atoms with E-state index in [9.17, 15) is 13.2 Å². The van der Waals surface area contributed by atoms with E-state index in [2.05, 4.69) is 10.4 Å². The van der Waals surface area contributed by atoms with Crippen molar-refractivity contribution < 1.29 is 13.2 Å². The summed E-state index contributed by atoms with van der Waals surface area (Å²) in [4.78, 5) is 0.896. The molecule has 2 rings (SSSR count). The first kappa shape index (κ1) is 13.1. The van der Waals surface area contributed by atoms with Gasteiger partial charge in [-0.1, -0.05) is 0 Å². The summed E-state index contributed by atoms with van der Waals surface area (Å²) in [5.41, 5.74) is 0.827. The Morgan fingerprint density at radius 2 is 2.17 bits per heavy atom. The van der Waals surface area contributed by atoms with Crippen LogP contribution in [0.2, 0.25) is 0 Å². The van der Waals surface area contributed by atoms with Crippen LogP contribution in [0.1, 0.15) is 10.4 Å². The van der Waals surface area contributed by atoms with Crippen molar-refractivity contribution in [1.29, 1.82) is 0 Å². The quantitative estimate of drug-likeness (QED) is 0.878. The van der Waals surface area contributed by atoms with Gasteiger partial charge in [-0.3, -0.25) is 4.68 Å². The van der Waals surface area contributed by atoms with Gasteiger partial charge in [0.1, 0.15) is 6.54 Å². The highest BCUT2D eigenvalue weighted by molar-refractivity contribution is 7.10. The Kier molecular flexibility index (Phi) is 4.38. The lowest BCUT2D eigenvalue weighted by molar-refractivity contribution is 0.122. The number of thiophene rings is 1. The molecule has 0 unspecified atom stereocenters. The third-order valence-corrected chi connectivity index (χ3v) is 3.14. The van der Waals surface area contributed by atoms with Crippen molar-refractivity contribution in [3.8, 4) is 0 Å². The molecule has 0 bridgehead atoms. The summed E-state index contributed by atoms with van der Waals surface area (Å²) in [6.07, 6.45) is 0.721. The molecular formula is C11H12F3N3S. The molecule has 0 atom stereocenters. The molecule has 7 heteroatoms. The summed E-state index contributed by atoms with van der Waals surface area (Å²) in [6, 6.07) is 3.13. The molecule has 0 saturated heterocycles. The summed E-state index contributed by atoms with van der Waals surface area (Å²) in [6.45, 7) is 0.674. The molecule has 0 amide bonds. The molecule has 0 aliphatic carbocycles. The summed E-state index contributed by atoms with van der Waals surface area (Å²) < 4.78 is 38.1. The average molecular weight is 275 g/mol. The van der Waals surface area contributed by atoms with Crippen molar-refractivity contribution in [2.24, 2.45) is 0 Å². The van der Waals surface area contributed by atoms with E-state index in [1.54, 1.807) is 18.5 Å². The second-order valence-corrected chi connectivity index (χ2v) is 4.89. The molecule has 98 valence electrons. The number of nitrogens with one attached hydrogen (secondary N) is 1. The van der Waals surface area contributed by atoms with Gasteiger partial charge in [0.15, 0.2) is 5.13 Å². The van der Waals surface area contributed by atoms with Gasteiger partial charge < -0.3 is 5.32 Å². The van der Waals surface area contributed by atoms with E-state index in [-0.39, 0.29) is 5.13 Å². The molecule has 2 heterocycles. The maximum atomic E-state index is 12.7. The van der Waals surface area contributed by atoms with Crippen LogP contribution in [0.5, 0.6) is 0 Å². The minimum Gasteiger partial charge on any atom is -0.308 e. The van der Waals surface area contributed by atoms with Gasteiger partial charge >= 0.3 is 0 Å². The molecule has 0 fully saturated rings. The van der Waals surface area contributed by atoms with Gasteiger partial charge in [-0.05, 0) is 12.1 Å². The Bertz CT molecular complexity index is 495. The van der Waals surface area contributed by atoms with E-state index in [1.807, 2.05) is 0 Å². The average Bonchev–Trinajstić information content (AvgIpc) is 2.88. The zero-order valence-corrected chi connectivity index (χ0v) is 10.3. The summed E-state index contributed by atoms with van der Waals surface area (Å²) >= 11 is 1.09. The minimum absolute atomic E-state index is 0.212. The highest BCUT2D eigenvalue weighted by atomic mass is 32.1. The smallest absolute Gasteiger partial charge is 0.257 e. The predicted octanol–water partition coefficient (Wildman–Crippen LogP) is 2.64. The first-order chi connectivity index (χ1) is 8.63. The standard InChI is InChI=1S/C11H12F3N3S/c12-10(13)7-17-6-8(4-16-17)3-15-5-9-1-2-11(14)18-9/h1-2,4,6,10,15H,3,5,7H2. The lowest BCUT2D eigenvalue weighted by atomic mass is 10.3. The second kappa shape index (κ2) is 6.01. The normalized spacial score (nSPS) is 11.3. The van der Waals surface area contributed by atoms with E-state index in [0.717, 1.165) is 21.8 Å². The van der Waals surface area contributed by atoms with Crippen LogP contribution in [-0.4, -0.2) is 16.2 Å². The third-order valence-electron chi connectivity index (χ3n) is 2.27. The lowest BCUT2D eigenvalue weighted by Gasteiger charge is -2.00. The van der Waals surface area contributed by atoms with Crippen LogP contribution in [0.3, 0.4) is 0 Å². The van der Waals surface area contributed by atoms with Crippen molar-refractivity contribution >= 4 is 11.3 Å². The van der Waals surface area contributed by atoms with Crippen LogP contribution in [0.15, 0.2) is 24.5 Å². The fourth-order valence-electron chi connectivity index (χ4n) is 1.52. The largest absolute Gasteiger partial charge is 0.308 e. The SMILES string of the molecule is Fc1ccc(CNCc2cnn(CC(F)F)c2)s1. The molecule has 2 aromatic heterocycles. The molecule has 0 radical (unpaired) electrons. The molecule has 2 aromatic rings. The molecule has 0 saturated carbocycles. The van der Waals surface area contributed by atoms with Crippen LogP contribution >= 0.6 is 11.3 Å². The van der Waals surface area contributed by atoms with Gasteiger partial charge in [0.25, 0.3) is 6.43 Å². The van der Waals surface area contributed by atoms with Crippen molar-refractivity contribution in [2.45, 2.75) is 26.1 Å². The first-order valence-electron chi connectivity index (χ1n) is 5.38. The van der Waals surface area contributed by atoms with Crippen LogP contribution < -0.4 is 5.32 Å². The van der Waals surface area contributed by atoms with Gasteiger partial charge in [-0.15, -0.1) is 11.3 Å². The first-order valence-corrected chi connectivity index (χ1v) is 6.19. The van der Waals surface area contributed by atoms with E-state index in [4.69, 9.17) is 0 Å². The molecule has 18 heavy (non-hydrogen) atoms. The molecule has 0 aromatic carbocycles. The molecule has 3 nitrogen and oxygen atoms in total. The van der Waals surface area contributed by atoms with Crippen LogP contribution in [-0.2, 0) is 19.6 Å². The van der Waals surface area contributed by atoms with Gasteiger partial charge in [0.2, 0.25) is 0 Å². The Labute approximate surface area is 106 Å². The summed E-state index contributed by atoms with van der Waals surface area (Å²) in [5, 5.41) is 6.71. The molecule has 0 spiro atoms. The number of halogens is 3. The number of aromatic nitrogens is 2. The lowest BCUT2D eigenvalue weighted by Crippen LogP contribution is -2.11. The van der Waals surface area contributed by atoms with Gasteiger partial charge in [0, 0.05) is 29.7 Å². The summed E-state index contributed by atoms with van der Waals surface area (Å²) in [5.74, 6) is 0. The highest BCUT2D eigenvalue weighted by Crippen LogP contribution is 2.13. The van der Waals surface area contributed by atoms with Gasteiger partial charge in [0.05, 0.1) is 6.20 Å². The van der Waals surface area contributed by atoms with Gasteiger partial charge in [-0.2, -0.15) is 9.49 Å². The van der Waals surface area contributed by atoms with E-state index >= 15 is 0 Å². The van der Waals surface area contributed by atoms with Crippen molar-refractivity contribution in [3.63, 3.8) is 0 Å². The monoisotopic (exact) mass is 275 g/mol. The van der Waals surface area contributed by atoms with Crippen LogP contribution in [0, 0.1) is 5.13 Å². The fraction of sp³-hybridized carbons (Fsp3) is 0.364. The topological polar surface area (TPSA) is 29.9 Å². The van der Waals surface area contributed by atoms with Crippen LogP contribution in [0.25, 0.3) is 0 Å². The fourth-order valence-corrected chi connectivity index (χ4v) is 2.21. The maximum Gasteiger partial charge on any atom is 0.257 e. The number of rotatable bonds is 6. The van der Waals surface area contributed by atoms with E-state index in [0.29, 0.717) is 13.1 Å². The van der Waals surface area contributed by atoms with E-state index in [1.165, 1.54) is 10.7 Å². The third kappa shape index (κ3) is 3.85. The summed E-state index contributed by atoms with van der Waals surface area (Å²) in [7, 11) is 0. The Morgan fingerprint density at radius 3 is 2.83 bits per heavy atom. The van der Waals surface area contributed by atoms with Crippen LogP contribution in [0.4, 0.5) is 13.2 Å². The highest BCUT2D eigenvalue weighted by Gasteiger charge is 2.05. The zero-order valence-electron chi connectivity index (χ0n) is 9.44.